The van der Waals surface area contributed by atoms with Gasteiger partial charge < -0.3 is 5.11 Å². The van der Waals surface area contributed by atoms with Crippen LogP contribution in [0.4, 0.5) is 0 Å². The average molecular weight is 252 g/mol. The van der Waals surface area contributed by atoms with E-state index in [1.54, 1.807) is 0 Å². The first-order chi connectivity index (χ1) is 8.13. The summed E-state index contributed by atoms with van der Waals surface area (Å²) in [7, 11) is 0. The normalized spacial score (nSPS) is 33.2. The van der Waals surface area contributed by atoms with Crippen LogP contribution in [-0.4, -0.2) is 33.2 Å². The van der Waals surface area contributed by atoms with Gasteiger partial charge in [-0.15, -0.1) is 11.3 Å². The van der Waals surface area contributed by atoms with Crippen LogP contribution in [0.5, 0.6) is 0 Å². The van der Waals surface area contributed by atoms with Crippen LogP contribution in [0.15, 0.2) is 0 Å². The molecule has 2 bridgehead atoms. The van der Waals surface area contributed by atoms with E-state index in [2.05, 4.69) is 23.7 Å². The van der Waals surface area contributed by atoms with E-state index < -0.39 is 0 Å². The van der Waals surface area contributed by atoms with E-state index in [4.69, 9.17) is 0 Å². The Morgan fingerprint density at radius 2 is 1.94 bits per heavy atom. The van der Waals surface area contributed by atoms with Crippen LogP contribution < -0.4 is 0 Å². The number of aliphatic hydroxyl groups excluding tert-OH is 1. The number of thiazole rings is 1. The molecule has 3 rings (SSSR count). The Labute approximate surface area is 106 Å². The number of piperidine rings is 1. The fourth-order valence-electron chi connectivity index (χ4n) is 3.27. The largest absolute Gasteiger partial charge is 0.393 e. The molecule has 3 heterocycles. The number of rotatable bonds is 2. The van der Waals surface area contributed by atoms with Crippen molar-refractivity contribution in [3.8, 4) is 0 Å². The second-order valence-corrected chi connectivity index (χ2v) is 6.72. The standard InChI is InChI=1S/C13H20N2OS/c1-8-9(2)17-13(14-8)7-15-10-3-4-11(15)6-12(16)5-10/h10-12,16H,3-7H2,1-2H3. The number of hydrogen-bond donors (Lipinski definition) is 1. The SMILES string of the molecule is Cc1nc(CN2C3CCC2CC(O)C3)sc1C. The molecule has 17 heavy (non-hydrogen) atoms. The summed E-state index contributed by atoms with van der Waals surface area (Å²) in [5, 5.41) is 11.0. The molecule has 0 aliphatic carbocycles. The molecule has 1 aromatic heterocycles. The van der Waals surface area contributed by atoms with Crippen molar-refractivity contribution in [2.24, 2.45) is 0 Å². The zero-order chi connectivity index (χ0) is 12.0. The zero-order valence-electron chi connectivity index (χ0n) is 10.5. The molecule has 2 saturated heterocycles. The smallest absolute Gasteiger partial charge is 0.107 e. The van der Waals surface area contributed by atoms with Gasteiger partial charge in [0.25, 0.3) is 0 Å². The number of nitrogens with zero attached hydrogens (tertiary/aromatic N) is 2. The van der Waals surface area contributed by atoms with Gasteiger partial charge in [-0.05, 0) is 39.5 Å². The molecule has 3 nitrogen and oxygen atoms in total. The van der Waals surface area contributed by atoms with Gasteiger partial charge in [-0.3, -0.25) is 4.90 Å². The van der Waals surface area contributed by atoms with Crippen LogP contribution in [-0.2, 0) is 6.54 Å². The van der Waals surface area contributed by atoms with Gasteiger partial charge >= 0.3 is 0 Å². The third-order valence-electron chi connectivity index (χ3n) is 4.25. The third kappa shape index (κ3) is 2.14. The molecule has 1 aromatic rings. The average Bonchev–Trinajstić information content (AvgIpc) is 2.70. The van der Waals surface area contributed by atoms with Gasteiger partial charge in [0, 0.05) is 17.0 Å². The summed E-state index contributed by atoms with van der Waals surface area (Å²) in [6.07, 6.45) is 4.36. The lowest BCUT2D eigenvalue weighted by atomic mass is 10.0. The molecular formula is C13H20N2OS. The highest BCUT2D eigenvalue weighted by Crippen LogP contribution is 2.37. The van der Waals surface area contributed by atoms with Gasteiger partial charge in [0.2, 0.25) is 0 Å². The topological polar surface area (TPSA) is 36.4 Å². The molecule has 4 heteroatoms. The molecule has 2 fully saturated rings. The quantitative estimate of drug-likeness (QED) is 0.877. The number of aliphatic hydroxyl groups is 1. The Balaban J connectivity index is 1.74. The Hall–Kier alpha value is -0.450. The van der Waals surface area contributed by atoms with Gasteiger partial charge in [-0.2, -0.15) is 0 Å². The molecule has 2 unspecified atom stereocenters. The molecule has 2 atom stereocenters. The van der Waals surface area contributed by atoms with Crippen LogP contribution in [0.2, 0.25) is 0 Å². The van der Waals surface area contributed by atoms with Crippen molar-refractivity contribution in [2.45, 2.75) is 64.3 Å². The number of hydrogen-bond acceptors (Lipinski definition) is 4. The summed E-state index contributed by atoms with van der Waals surface area (Å²) in [5.41, 5.74) is 1.18. The maximum Gasteiger partial charge on any atom is 0.107 e. The van der Waals surface area contributed by atoms with Gasteiger partial charge in [0.05, 0.1) is 18.3 Å². The third-order valence-corrected chi connectivity index (χ3v) is 5.31. The lowest BCUT2D eigenvalue weighted by Crippen LogP contribution is -2.44. The zero-order valence-corrected chi connectivity index (χ0v) is 11.3. The monoisotopic (exact) mass is 252 g/mol. The van der Waals surface area contributed by atoms with Gasteiger partial charge in [-0.1, -0.05) is 0 Å². The minimum Gasteiger partial charge on any atom is -0.393 e. The summed E-state index contributed by atoms with van der Waals surface area (Å²) in [4.78, 5) is 8.55. The van der Waals surface area contributed by atoms with Crippen molar-refractivity contribution in [1.29, 1.82) is 0 Å². The van der Waals surface area contributed by atoms with Gasteiger partial charge in [-0.25, -0.2) is 4.98 Å². The first kappa shape index (κ1) is 11.6. The second-order valence-electron chi connectivity index (χ2n) is 5.43. The predicted molar refractivity (Wildman–Crippen MR) is 69.2 cm³/mol. The van der Waals surface area contributed by atoms with Crippen molar-refractivity contribution < 1.29 is 5.11 Å². The van der Waals surface area contributed by atoms with Crippen LogP contribution in [0.1, 0.15) is 41.3 Å². The molecule has 0 radical (unpaired) electrons. The van der Waals surface area contributed by atoms with E-state index in [1.165, 1.54) is 28.4 Å². The summed E-state index contributed by atoms with van der Waals surface area (Å²) in [6, 6.07) is 1.18. The summed E-state index contributed by atoms with van der Waals surface area (Å²) in [5.74, 6) is 0. The molecular weight excluding hydrogens is 232 g/mol. The highest BCUT2D eigenvalue weighted by molar-refractivity contribution is 7.11. The first-order valence-corrected chi connectivity index (χ1v) is 7.32. The van der Waals surface area contributed by atoms with E-state index in [1.807, 2.05) is 11.3 Å². The lowest BCUT2D eigenvalue weighted by molar-refractivity contribution is 0.0310. The predicted octanol–water partition coefficient (Wildman–Crippen LogP) is 2.25. The first-order valence-electron chi connectivity index (χ1n) is 6.50. The van der Waals surface area contributed by atoms with Crippen molar-refractivity contribution >= 4 is 11.3 Å². The maximum atomic E-state index is 9.78. The van der Waals surface area contributed by atoms with E-state index in [-0.39, 0.29) is 6.10 Å². The molecule has 0 spiro atoms. The minimum atomic E-state index is -0.0662. The highest BCUT2D eigenvalue weighted by atomic mass is 32.1. The van der Waals surface area contributed by atoms with Gasteiger partial charge in [0.15, 0.2) is 0 Å². The van der Waals surface area contributed by atoms with Crippen molar-refractivity contribution in [1.82, 2.24) is 9.88 Å². The van der Waals surface area contributed by atoms with E-state index in [0.717, 1.165) is 19.4 Å². The summed E-state index contributed by atoms with van der Waals surface area (Å²) < 4.78 is 0. The fraction of sp³-hybridized carbons (Fsp3) is 0.769. The molecule has 1 N–H and O–H groups in total. The van der Waals surface area contributed by atoms with Crippen molar-refractivity contribution in [2.75, 3.05) is 0 Å². The Morgan fingerprint density at radius 3 is 2.47 bits per heavy atom. The lowest BCUT2D eigenvalue weighted by Gasteiger charge is -2.36. The maximum absolute atomic E-state index is 9.78. The van der Waals surface area contributed by atoms with Crippen molar-refractivity contribution in [3.63, 3.8) is 0 Å². The molecule has 94 valence electrons. The summed E-state index contributed by atoms with van der Waals surface area (Å²) in [6.45, 7) is 5.22. The van der Waals surface area contributed by atoms with Crippen LogP contribution in [0.25, 0.3) is 0 Å². The fourth-order valence-corrected chi connectivity index (χ4v) is 4.21. The Kier molecular flexibility index (Phi) is 2.97. The van der Waals surface area contributed by atoms with E-state index in [9.17, 15) is 5.11 Å². The van der Waals surface area contributed by atoms with Gasteiger partial charge in [0.1, 0.15) is 5.01 Å². The molecule has 0 saturated carbocycles. The van der Waals surface area contributed by atoms with E-state index in [0.29, 0.717) is 12.1 Å². The van der Waals surface area contributed by atoms with Crippen LogP contribution in [0, 0.1) is 13.8 Å². The van der Waals surface area contributed by atoms with Crippen LogP contribution >= 0.6 is 11.3 Å². The minimum absolute atomic E-state index is 0.0662. The Morgan fingerprint density at radius 1 is 1.29 bits per heavy atom. The molecule has 2 aliphatic heterocycles. The molecule has 2 aliphatic rings. The molecule has 0 amide bonds. The van der Waals surface area contributed by atoms with E-state index >= 15 is 0 Å². The number of fused-ring (bicyclic) bond motifs is 2. The number of aryl methyl sites for hydroxylation is 2. The highest BCUT2D eigenvalue weighted by Gasteiger charge is 2.40. The summed E-state index contributed by atoms with van der Waals surface area (Å²) >= 11 is 1.83. The molecule has 0 aromatic carbocycles. The number of aromatic nitrogens is 1. The van der Waals surface area contributed by atoms with Crippen LogP contribution in [0.3, 0.4) is 0 Å². The second kappa shape index (κ2) is 4.34. The Bertz CT molecular complexity index is 384. The van der Waals surface area contributed by atoms with Crippen molar-refractivity contribution in [3.05, 3.63) is 15.6 Å².